The van der Waals surface area contributed by atoms with Gasteiger partial charge >= 0.3 is 6.03 Å². The van der Waals surface area contributed by atoms with Crippen LogP contribution < -0.4 is 20.3 Å². The molecule has 9 heteroatoms. The summed E-state index contributed by atoms with van der Waals surface area (Å²) in [6, 6.07) is 15.8. The Morgan fingerprint density at radius 1 is 1.03 bits per heavy atom. The fourth-order valence-corrected chi connectivity index (χ4v) is 3.26. The van der Waals surface area contributed by atoms with E-state index in [0.29, 0.717) is 28.8 Å². The standard InChI is InChI=1S/C22H19ClN4O3.ClH/c23-17-5-6-20-18(11-17)27(14-16-3-1-2-4-19(16)30-20)22(29)26-13-21(28)25-12-15-7-9-24-10-8-15;/h1-11H,12-14H2,(H,25,28)(H,26,29);1H. The molecule has 2 N–H and O–H groups in total. The number of benzene rings is 2. The molecule has 0 radical (unpaired) electrons. The number of aromatic nitrogens is 1. The number of anilines is 1. The number of carbonyl (C=O) groups excluding carboxylic acids is 2. The molecule has 1 aliphatic rings. The fourth-order valence-electron chi connectivity index (χ4n) is 3.09. The quantitative estimate of drug-likeness (QED) is 0.610. The summed E-state index contributed by atoms with van der Waals surface area (Å²) in [5, 5.41) is 5.92. The number of ether oxygens (including phenoxy) is 1. The van der Waals surface area contributed by atoms with Gasteiger partial charge in [-0.05, 0) is 42.0 Å². The van der Waals surface area contributed by atoms with Gasteiger partial charge in [-0.15, -0.1) is 12.4 Å². The van der Waals surface area contributed by atoms with Crippen molar-refractivity contribution >= 4 is 41.6 Å². The van der Waals surface area contributed by atoms with E-state index in [4.69, 9.17) is 16.3 Å². The molecule has 0 fully saturated rings. The predicted molar refractivity (Wildman–Crippen MR) is 121 cm³/mol. The summed E-state index contributed by atoms with van der Waals surface area (Å²) in [7, 11) is 0. The van der Waals surface area contributed by atoms with Crippen LogP contribution in [0.15, 0.2) is 67.0 Å². The molecule has 1 aliphatic heterocycles. The van der Waals surface area contributed by atoms with Crippen LogP contribution >= 0.6 is 24.0 Å². The highest BCUT2D eigenvalue weighted by Crippen LogP contribution is 2.40. The number of rotatable bonds is 4. The number of amides is 3. The molecule has 0 atom stereocenters. The molecule has 7 nitrogen and oxygen atoms in total. The second-order valence-corrected chi connectivity index (χ2v) is 7.14. The number of halogens is 2. The van der Waals surface area contributed by atoms with E-state index < -0.39 is 6.03 Å². The average molecular weight is 459 g/mol. The summed E-state index contributed by atoms with van der Waals surface area (Å²) >= 11 is 6.16. The summed E-state index contributed by atoms with van der Waals surface area (Å²) in [6.07, 6.45) is 3.32. The maximum Gasteiger partial charge on any atom is 0.322 e. The smallest absolute Gasteiger partial charge is 0.322 e. The molecule has 0 saturated heterocycles. The van der Waals surface area contributed by atoms with Gasteiger partial charge in [0.2, 0.25) is 5.91 Å². The molecular formula is C22H20Cl2N4O3. The van der Waals surface area contributed by atoms with Gasteiger partial charge in [-0.2, -0.15) is 0 Å². The van der Waals surface area contributed by atoms with Crippen molar-refractivity contribution < 1.29 is 14.3 Å². The Morgan fingerprint density at radius 2 is 1.81 bits per heavy atom. The largest absolute Gasteiger partial charge is 0.455 e. The Kier molecular flexibility index (Phi) is 7.33. The molecule has 0 unspecified atom stereocenters. The van der Waals surface area contributed by atoms with Crippen molar-refractivity contribution in [2.24, 2.45) is 0 Å². The third-order valence-corrected chi connectivity index (χ3v) is 4.85. The van der Waals surface area contributed by atoms with E-state index in [1.807, 2.05) is 36.4 Å². The van der Waals surface area contributed by atoms with Gasteiger partial charge in [0.25, 0.3) is 0 Å². The highest BCUT2D eigenvalue weighted by molar-refractivity contribution is 6.31. The number of hydrogen-bond donors (Lipinski definition) is 2. The van der Waals surface area contributed by atoms with Crippen LogP contribution in [0.2, 0.25) is 5.02 Å². The van der Waals surface area contributed by atoms with Crippen LogP contribution in [0.1, 0.15) is 11.1 Å². The third kappa shape index (κ3) is 5.45. The van der Waals surface area contributed by atoms with Crippen molar-refractivity contribution in [3.05, 3.63) is 83.1 Å². The summed E-state index contributed by atoms with van der Waals surface area (Å²) in [5.74, 6) is 0.894. The minimum Gasteiger partial charge on any atom is -0.455 e. The lowest BCUT2D eigenvalue weighted by molar-refractivity contribution is -0.120. The first-order valence-electron chi connectivity index (χ1n) is 9.36. The summed E-state index contributed by atoms with van der Waals surface area (Å²) in [6.45, 7) is 0.493. The van der Waals surface area contributed by atoms with Gasteiger partial charge in [0.05, 0.1) is 18.8 Å². The average Bonchev–Trinajstić information content (AvgIpc) is 2.93. The Labute approximate surface area is 190 Å². The second-order valence-electron chi connectivity index (χ2n) is 6.70. The Morgan fingerprint density at radius 3 is 2.61 bits per heavy atom. The Balaban J connectivity index is 0.00000272. The molecule has 0 bridgehead atoms. The van der Waals surface area contributed by atoms with E-state index in [0.717, 1.165) is 11.1 Å². The highest BCUT2D eigenvalue weighted by atomic mass is 35.5. The summed E-state index contributed by atoms with van der Waals surface area (Å²) in [4.78, 5) is 30.6. The maximum atomic E-state index is 12.9. The van der Waals surface area contributed by atoms with Crippen LogP contribution in [0, 0.1) is 0 Å². The van der Waals surface area contributed by atoms with E-state index in [1.165, 1.54) is 4.90 Å². The van der Waals surface area contributed by atoms with Crippen LogP contribution in [0.5, 0.6) is 11.5 Å². The molecule has 0 saturated carbocycles. The molecule has 31 heavy (non-hydrogen) atoms. The first-order valence-corrected chi connectivity index (χ1v) is 9.74. The SMILES string of the molecule is Cl.O=C(CNC(=O)N1Cc2ccccc2Oc2ccc(Cl)cc21)NCc1ccncc1. The van der Waals surface area contributed by atoms with Gasteiger partial charge in [0.15, 0.2) is 5.75 Å². The molecule has 4 rings (SSSR count). The zero-order valence-electron chi connectivity index (χ0n) is 16.4. The molecule has 0 spiro atoms. The minimum atomic E-state index is -0.419. The van der Waals surface area contributed by atoms with Crippen LogP contribution in [0.25, 0.3) is 0 Å². The van der Waals surface area contributed by atoms with Crippen molar-refractivity contribution in [1.82, 2.24) is 15.6 Å². The van der Waals surface area contributed by atoms with Crippen molar-refractivity contribution in [1.29, 1.82) is 0 Å². The molecule has 2 heterocycles. The van der Waals surface area contributed by atoms with Gasteiger partial charge < -0.3 is 15.4 Å². The summed E-state index contributed by atoms with van der Waals surface area (Å²) in [5.41, 5.74) is 2.31. The maximum absolute atomic E-state index is 12.9. The zero-order chi connectivity index (χ0) is 20.9. The van der Waals surface area contributed by atoms with Crippen LogP contribution in [-0.2, 0) is 17.9 Å². The van der Waals surface area contributed by atoms with Crippen LogP contribution in [-0.4, -0.2) is 23.5 Å². The van der Waals surface area contributed by atoms with Crippen molar-refractivity contribution in [2.45, 2.75) is 13.1 Å². The molecule has 2 aromatic carbocycles. The minimum absolute atomic E-state index is 0. The lowest BCUT2D eigenvalue weighted by atomic mass is 10.2. The first-order chi connectivity index (χ1) is 14.6. The van der Waals surface area contributed by atoms with Gasteiger partial charge in [-0.1, -0.05) is 29.8 Å². The van der Waals surface area contributed by atoms with E-state index >= 15 is 0 Å². The fraction of sp³-hybridized carbons (Fsp3) is 0.136. The molecule has 0 aliphatic carbocycles. The lowest BCUT2D eigenvalue weighted by Gasteiger charge is -2.22. The Bertz CT molecular complexity index is 1080. The lowest BCUT2D eigenvalue weighted by Crippen LogP contribution is -2.44. The number of fused-ring (bicyclic) bond motifs is 2. The monoisotopic (exact) mass is 458 g/mol. The van der Waals surface area contributed by atoms with E-state index in [-0.39, 0.29) is 31.4 Å². The highest BCUT2D eigenvalue weighted by Gasteiger charge is 2.25. The number of para-hydroxylation sites is 1. The van der Waals surface area contributed by atoms with Crippen molar-refractivity contribution in [3.8, 4) is 11.5 Å². The van der Waals surface area contributed by atoms with Gasteiger partial charge in [-0.3, -0.25) is 14.7 Å². The van der Waals surface area contributed by atoms with E-state index in [2.05, 4.69) is 15.6 Å². The first kappa shape index (κ1) is 22.4. The number of carbonyl (C=O) groups is 2. The molecule has 3 aromatic rings. The Hall–Kier alpha value is -3.29. The number of urea groups is 1. The molecular weight excluding hydrogens is 439 g/mol. The predicted octanol–water partition coefficient (Wildman–Crippen LogP) is 4.30. The van der Waals surface area contributed by atoms with Crippen molar-refractivity contribution in [3.63, 3.8) is 0 Å². The molecule has 160 valence electrons. The van der Waals surface area contributed by atoms with Crippen molar-refractivity contribution in [2.75, 3.05) is 11.4 Å². The summed E-state index contributed by atoms with van der Waals surface area (Å²) < 4.78 is 5.99. The van der Waals surface area contributed by atoms with Gasteiger partial charge in [0.1, 0.15) is 5.75 Å². The van der Waals surface area contributed by atoms with Crippen LogP contribution in [0.4, 0.5) is 10.5 Å². The van der Waals surface area contributed by atoms with E-state index in [9.17, 15) is 9.59 Å². The number of hydrogen-bond acceptors (Lipinski definition) is 4. The van der Waals surface area contributed by atoms with Gasteiger partial charge in [-0.25, -0.2) is 4.79 Å². The van der Waals surface area contributed by atoms with Crippen LogP contribution in [0.3, 0.4) is 0 Å². The zero-order valence-corrected chi connectivity index (χ0v) is 17.9. The second kappa shape index (κ2) is 10.1. The number of nitrogens with zero attached hydrogens (tertiary/aromatic N) is 2. The number of nitrogens with one attached hydrogen (secondary N) is 2. The molecule has 3 amide bonds. The molecule has 1 aromatic heterocycles. The number of pyridine rings is 1. The van der Waals surface area contributed by atoms with Gasteiger partial charge in [0, 0.05) is 29.5 Å². The van der Waals surface area contributed by atoms with E-state index in [1.54, 1.807) is 30.6 Å². The topological polar surface area (TPSA) is 83.6 Å². The normalized spacial score (nSPS) is 11.7. The third-order valence-electron chi connectivity index (χ3n) is 4.62.